The van der Waals surface area contributed by atoms with Gasteiger partial charge in [0, 0.05) is 0 Å². The highest BCUT2D eigenvalue weighted by Crippen LogP contribution is 2.52. The predicted octanol–water partition coefficient (Wildman–Crippen LogP) is 1.99. The number of nitrogens with zero attached hydrogens (tertiary/aromatic N) is 1. The third kappa shape index (κ3) is 2.32. The highest BCUT2D eigenvalue weighted by molar-refractivity contribution is 7.12. The first-order chi connectivity index (χ1) is 13.1. The lowest BCUT2D eigenvalue weighted by Gasteiger charge is -2.29. The quantitative estimate of drug-likeness (QED) is 0.650. The van der Waals surface area contributed by atoms with Gasteiger partial charge in [0.25, 0.3) is 5.91 Å². The molecule has 2 fully saturated rings. The van der Waals surface area contributed by atoms with Gasteiger partial charge < -0.3 is 10.1 Å². The van der Waals surface area contributed by atoms with Crippen molar-refractivity contribution < 1.29 is 19.1 Å². The van der Waals surface area contributed by atoms with Gasteiger partial charge in [-0.2, -0.15) is 0 Å². The Bertz CT molecular complexity index is 956. The molecule has 3 aliphatic rings. The molecule has 3 amide bonds. The Morgan fingerprint density at radius 1 is 1.15 bits per heavy atom. The predicted molar refractivity (Wildman–Crippen MR) is 99.3 cm³/mol. The average Bonchev–Trinajstić information content (AvgIpc) is 3.44. The number of para-hydroxylation sites is 1. The number of amides is 3. The van der Waals surface area contributed by atoms with Gasteiger partial charge >= 0.3 is 0 Å². The fourth-order valence-corrected chi connectivity index (χ4v) is 4.89. The van der Waals surface area contributed by atoms with E-state index in [4.69, 9.17) is 4.74 Å². The summed E-state index contributed by atoms with van der Waals surface area (Å²) in [5.74, 6) is -1.88. The summed E-state index contributed by atoms with van der Waals surface area (Å²) in [6.07, 6.45) is 3.23. The topological polar surface area (TPSA) is 75.7 Å². The summed E-state index contributed by atoms with van der Waals surface area (Å²) >= 11 is 1.35. The van der Waals surface area contributed by atoms with Crippen LogP contribution in [0.4, 0.5) is 5.69 Å². The molecule has 1 aromatic heterocycles. The molecule has 27 heavy (non-hydrogen) atoms. The largest absolute Gasteiger partial charge is 0.360 e. The van der Waals surface area contributed by atoms with E-state index >= 15 is 0 Å². The van der Waals surface area contributed by atoms with E-state index in [0.29, 0.717) is 10.6 Å². The van der Waals surface area contributed by atoms with Crippen molar-refractivity contribution in [1.29, 1.82) is 0 Å². The zero-order chi connectivity index (χ0) is 18.6. The number of hydrogen-bond acceptors (Lipinski definition) is 5. The van der Waals surface area contributed by atoms with Gasteiger partial charge in [0.05, 0.1) is 35.0 Å². The van der Waals surface area contributed by atoms with Crippen molar-refractivity contribution in [3.63, 3.8) is 0 Å². The van der Waals surface area contributed by atoms with E-state index in [1.54, 1.807) is 30.3 Å². The molecule has 0 unspecified atom stereocenters. The Morgan fingerprint density at radius 2 is 1.96 bits per heavy atom. The van der Waals surface area contributed by atoms with Crippen molar-refractivity contribution in [2.75, 3.05) is 11.4 Å². The SMILES string of the molecule is O=C(NC[C@@]12C=C[C@@H](O1)[C@@H]1C(=O)N(c3ccccc3)C(=O)[C@@H]12)c1cccs1. The minimum absolute atomic E-state index is 0.152. The van der Waals surface area contributed by atoms with Crippen LogP contribution in [0.25, 0.3) is 0 Å². The molecule has 1 aromatic carbocycles. The van der Waals surface area contributed by atoms with Crippen LogP contribution in [-0.2, 0) is 14.3 Å². The molecule has 3 aliphatic heterocycles. The number of anilines is 1. The summed E-state index contributed by atoms with van der Waals surface area (Å²) < 4.78 is 6.03. The lowest BCUT2D eigenvalue weighted by molar-refractivity contribution is -0.126. The molecule has 0 radical (unpaired) electrons. The fraction of sp³-hybridized carbons (Fsp3) is 0.250. The van der Waals surface area contributed by atoms with E-state index in [1.807, 2.05) is 29.7 Å². The van der Waals surface area contributed by atoms with Gasteiger partial charge in [-0.3, -0.25) is 14.4 Å². The average molecular weight is 380 g/mol. The number of carbonyl (C=O) groups is 3. The first kappa shape index (κ1) is 16.4. The van der Waals surface area contributed by atoms with Crippen LogP contribution in [0, 0.1) is 11.8 Å². The smallest absolute Gasteiger partial charge is 0.261 e. The van der Waals surface area contributed by atoms with E-state index in [1.165, 1.54) is 16.2 Å². The molecule has 4 atom stereocenters. The normalized spacial score (nSPS) is 30.8. The van der Waals surface area contributed by atoms with Crippen LogP contribution in [0.15, 0.2) is 60.0 Å². The summed E-state index contributed by atoms with van der Waals surface area (Å²) in [6, 6.07) is 12.5. The van der Waals surface area contributed by atoms with E-state index in [9.17, 15) is 14.4 Å². The molecule has 2 bridgehead atoms. The maximum Gasteiger partial charge on any atom is 0.261 e. The van der Waals surface area contributed by atoms with Gasteiger partial charge in [-0.05, 0) is 23.6 Å². The third-order valence-electron chi connectivity index (χ3n) is 5.44. The van der Waals surface area contributed by atoms with Crippen LogP contribution in [0.3, 0.4) is 0 Å². The maximum absolute atomic E-state index is 13.1. The summed E-state index contributed by atoms with van der Waals surface area (Å²) in [6.45, 7) is 0.152. The first-order valence-electron chi connectivity index (χ1n) is 8.72. The van der Waals surface area contributed by atoms with E-state index in [-0.39, 0.29) is 24.3 Å². The van der Waals surface area contributed by atoms with Crippen LogP contribution >= 0.6 is 11.3 Å². The number of carbonyl (C=O) groups excluding carboxylic acids is 3. The molecule has 6 nitrogen and oxygen atoms in total. The fourth-order valence-electron chi connectivity index (χ4n) is 4.25. The Morgan fingerprint density at radius 3 is 2.70 bits per heavy atom. The monoisotopic (exact) mass is 380 g/mol. The van der Waals surface area contributed by atoms with Crippen molar-refractivity contribution in [3.05, 3.63) is 64.9 Å². The first-order valence-corrected chi connectivity index (χ1v) is 9.60. The number of nitrogens with one attached hydrogen (secondary N) is 1. The molecule has 2 aromatic rings. The molecule has 4 heterocycles. The second-order valence-electron chi connectivity index (χ2n) is 6.91. The Labute approximate surface area is 159 Å². The summed E-state index contributed by atoms with van der Waals surface area (Å²) in [5.41, 5.74) is -0.405. The van der Waals surface area contributed by atoms with Crippen LogP contribution in [0.1, 0.15) is 9.67 Å². The summed E-state index contributed by atoms with van der Waals surface area (Å²) in [5, 5.41) is 4.69. The van der Waals surface area contributed by atoms with Crippen LogP contribution in [0.2, 0.25) is 0 Å². The highest BCUT2D eigenvalue weighted by atomic mass is 32.1. The number of hydrogen-bond donors (Lipinski definition) is 1. The Hall–Kier alpha value is -2.77. The molecule has 136 valence electrons. The lowest BCUT2D eigenvalue weighted by atomic mass is 9.77. The molecule has 7 heteroatoms. The van der Waals surface area contributed by atoms with Crippen molar-refractivity contribution >= 4 is 34.7 Å². The zero-order valence-electron chi connectivity index (χ0n) is 14.2. The molecule has 2 saturated heterocycles. The van der Waals surface area contributed by atoms with E-state index < -0.39 is 23.5 Å². The number of rotatable bonds is 4. The molecule has 5 rings (SSSR count). The van der Waals surface area contributed by atoms with E-state index in [0.717, 1.165) is 0 Å². The number of ether oxygens (including phenoxy) is 1. The molecule has 0 saturated carbocycles. The summed E-state index contributed by atoms with van der Waals surface area (Å²) in [7, 11) is 0. The minimum Gasteiger partial charge on any atom is -0.360 e. The molecular weight excluding hydrogens is 364 g/mol. The summed E-state index contributed by atoms with van der Waals surface area (Å²) in [4.78, 5) is 40.3. The van der Waals surface area contributed by atoms with Gasteiger partial charge in [0.15, 0.2) is 0 Å². The third-order valence-corrected chi connectivity index (χ3v) is 6.31. The Kier molecular flexibility index (Phi) is 3.57. The van der Waals surface area contributed by atoms with Gasteiger partial charge in [0.2, 0.25) is 11.8 Å². The number of benzene rings is 1. The van der Waals surface area contributed by atoms with E-state index in [2.05, 4.69) is 5.32 Å². The van der Waals surface area contributed by atoms with Gasteiger partial charge in [-0.1, -0.05) is 36.4 Å². The van der Waals surface area contributed by atoms with Gasteiger partial charge in [0.1, 0.15) is 5.60 Å². The van der Waals surface area contributed by atoms with Crippen molar-refractivity contribution in [1.82, 2.24) is 5.32 Å². The standard InChI is InChI=1S/C20H16N2O4S/c23-17(14-7-4-10-27-14)21-11-20-9-8-13(26-20)15-16(20)19(25)22(18(15)24)12-5-2-1-3-6-12/h1-10,13,15-16H,11H2,(H,21,23)/t13-,15+,16-,20-/m1/s1. The van der Waals surface area contributed by atoms with Crippen LogP contribution in [0.5, 0.6) is 0 Å². The molecule has 0 aliphatic carbocycles. The zero-order valence-corrected chi connectivity index (χ0v) is 15.0. The van der Waals surface area contributed by atoms with Gasteiger partial charge in [-0.15, -0.1) is 11.3 Å². The molecule has 1 N–H and O–H groups in total. The molecular formula is C20H16N2O4S. The second-order valence-corrected chi connectivity index (χ2v) is 7.86. The van der Waals surface area contributed by atoms with Crippen molar-refractivity contribution in [3.8, 4) is 0 Å². The second kappa shape index (κ2) is 5.87. The number of thiophene rings is 1. The van der Waals surface area contributed by atoms with Gasteiger partial charge in [-0.25, -0.2) is 4.90 Å². The highest BCUT2D eigenvalue weighted by Gasteiger charge is 2.67. The number of imide groups is 1. The van der Waals surface area contributed by atoms with Crippen molar-refractivity contribution in [2.45, 2.75) is 11.7 Å². The van der Waals surface area contributed by atoms with Crippen molar-refractivity contribution in [2.24, 2.45) is 11.8 Å². The molecule has 0 spiro atoms. The van der Waals surface area contributed by atoms with Crippen LogP contribution < -0.4 is 10.2 Å². The maximum atomic E-state index is 13.1. The number of fused-ring (bicyclic) bond motifs is 5. The Balaban J connectivity index is 1.42. The van der Waals surface area contributed by atoms with Crippen LogP contribution in [-0.4, -0.2) is 36.0 Å². The minimum atomic E-state index is -0.974. The lowest BCUT2D eigenvalue weighted by Crippen LogP contribution is -2.48.